The Bertz CT molecular complexity index is 1230. The van der Waals surface area contributed by atoms with E-state index >= 15 is 0 Å². The smallest absolute Gasteiger partial charge is 0.229 e. The molecule has 0 bridgehead atoms. The number of imidazole rings is 1. The van der Waals surface area contributed by atoms with Crippen molar-refractivity contribution in [1.29, 1.82) is 0 Å². The van der Waals surface area contributed by atoms with Gasteiger partial charge in [0.2, 0.25) is 5.95 Å². The van der Waals surface area contributed by atoms with Crippen molar-refractivity contribution in [2.75, 3.05) is 5.32 Å². The zero-order valence-electron chi connectivity index (χ0n) is 13.4. The number of rotatable bonds is 3. The Morgan fingerprint density at radius 3 is 2.88 bits per heavy atom. The van der Waals surface area contributed by atoms with Crippen molar-refractivity contribution in [3.8, 4) is 11.1 Å². The molecule has 0 spiro atoms. The molecule has 0 aromatic carbocycles. The number of anilines is 2. The van der Waals surface area contributed by atoms with Crippen molar-refractivity contribution in [2.24, 2.45) is 0 Å². The van der Waals surface area contributed by atoms with Crippen molar-refractivity contribution in [3.63, 3.8) is 0 Å². The molecule has 5 aromatic heterocycles. The third-order valence-electron chi connectivity index (χ3n) is 4.12. The molecule has 0 saturated heterocycles. The summed E-state index contributed by atoms with van der Waals surface area (Å²) < 4.78 is 15.9. The predicted octanol–water partition coefficient (Wildman–Crippen LogP) is 3.55. The SMILES string of the molecule is Fc1cc(-c2c[nH]c3nc(Nc4ccncc4)ncc23)cn2ccnc12. The second-order valence-corrected chi connectivity index (χ2v) is 5.75. The van der Waals surface area contributed by atoms with Gasteiger partial charge < -0.3 is 14.7 Å². The second-order valence-electron chi connectivity index (χ2n) is 5.75. The number of nitrogens with one attached hydrogen (secondary N) is 2. The Hall–Kier alpha value is -3.81. The summed E-state index contributed by atoms with van der Waals surface area (Å²) in [5, 5.41) is 3.93. The van der Waals surface area contributed by atoms with Crippen LogP contribution in [0.15, 0.2) is 61.6 Å². The van der Waals surface area contributed by atoms with E-state index in [2.05, 4.69) is 30.2 Å². The second kappa shape index (κ2) is 5.62. The Morgan fingerprint density at radius 2 is 2.00 bits per heavy atom. The molecule has 0 atom stereocenters. The third kappa shape index (κ3) is 2.35. The molecule has 7 nitrogen and oxygen atoms in total. The number of H-pyrrole nitrogens is 1. The van der Waals surface area contributed by atoms with Gasteiger partial charge in [-0.2, -0.15) is 4.98 Å². The van der Waals surface area contributed by atoms with Gasteiger partial charge in [0.25, 0.3) is 0 Å². The number of pyridine rings is 2. The Labute approximate surface area is 146 Å². The minimum absolute atomic E-state index is 0.300. The fourth-order valence-electron chi connectivity index (χ4n) is 2.91. The molecule has 0 saturated carbocycles. The summed E-state index contributed by atoms with van der Waals surface area (Å²) in [6.45, 7) is 0. The summed E-state index contributed by atoms with van der Waals surface area (Å²) in [6.07, 6.45) is 12.0. The number of halogens is 1. The van der Waals surface area contributed by atoms with E-state index in [0.29, 0.717) is 17.2 Å². The van der Waals surface area contributed by atoms with Crippen LogP contribution in [0.5, 0.6) is 0 Å². The molecule has 0 unspecified atom stereocenters. The quantitative estimate of drug-likeness (QED) is 0.522. The van der Waals surface area contributed by atoms with Crippen molar-refractivity contribution in [2.45, 2.75) is 0 Å². The van der Waals surface area contributed by atoms with Crippen molar-refractivity contribution in [3.05, 3.63) is 67.4 Å². The highest BCUT2D eigenvalue weighted by molar-refractivity contribution is 5.93. The average Bonchev–Trinajstić information content (AvgIpc) is 3.29. The highest BCUT2D eigenvalue weighted by Crippen LogP contribution is 2.29. The summed E-state index contributed by atoms with van der Waals surface area (Å²) in [5.74, 6) is 0.0899. The van der Waals surface area contributed by atoms with Gasteiger partial charge in [-0.3, -0.25) is 4.98 Å². The first-order valence-corrected chi connectivity index (χ1v) is 7.92. The highest BCUT2D eigenvalue weighted by Gasteiger charge is 2.12. The highest BCUT2D eigenvalue weighted by atomic mass is 19.1. The van der Waals surface area contributed by atoms with Crippen LogP contribution in [0.4, 0.5) is 16.0 Å². The lowest BCUT2D eigenvalue weighted by Gasteiger charge is -2.05. The van der Waals surface area contributed by atoms with E-state index in [1.807, 2.05) is 18.3 Å². The maximum Gasteiger partial charge on any atom is 0.229 e. The van der Waals surface area contributed by atoms with Gasteiger partial charge in [-0.05, 0) is 18.2 Å². The minimum atomic E-state index is -0.376. The summed E-state index contributed by atoms with van der Waals surface area (Å²) in [6, 6.07) is 5.13. The van der Waals surface area contributed by atoms with Crippen LogP contribution in [0.1, 0.15) is 0 Å². The van der Waals surface area contributed by atoms with E-state index in [1.54, 1.807) is 41.6 Å². The zero-order valence-corrected chi connectivity index (χ0v) is 13.4. The fourth-order valence-corrected chi connectivity index (χ4v) is 2.91. The topological polar surface area (TPSA) is 83.8 Å². The summed E-state index contributed by atoms with van der Waals surface area (Å²) in [7, 11) is 0. The Kier molecular flexibility index (Phi) is 3.14. The van der Waals surface area contributed by atoms with Crippen LogP contribution in [0.25, 0.3) is 27.8 Å². The van der Waals surface area contributed by atoms with Crippen molar-refractivity contribution >= 4 is 28.3 Å². The molecule has 26 heavy (non-hydrogen) atoms. The molecule has 5 aromatic rings. The molecule has 0 aliphatic heterocycles. The molecule has 0 aliphatic rings. The number of hydrogen-bond acceptors (Lipinski definition) is 5. The van der Waals surface area contributed by atoms with E-state index in [1.165, 1.54) is 6.07 Å². The number of aromatic amines is 1. The van der Waals surface area contributed by atoms with E-state index < -0.39 is 0 Å². The first-order valence-electron chi connectivity index (χ1n) is 7.92. The van der Waals surface area contributed by atoms with Gasteiger partial charge in [0.15, 0.2) is 11.5 Å². The molecule has 126 valence electrons. The molecule has 0 amide bonds. The first kappa shape index (κ1) is 14.5. The van der Waals surface area contributed by atoms with Crippen LogP contribution >= 0.6 is 0 Å². The average molecular weight is 345 g/mol. The van der Waals surface area contributed by atoms with Crippen LogP contribution in [0, 0.1) is 5.82 Å². The van der Waals surface area contributed by atoms with Crippen LogP contribution < -0.4 is 5.32 Å². The molecule has 2 N–H and O–H groups in total. The maximum absolute atomic E-state index is 14.2. The standard InChI is InChI=1S/C18H12FN7/c19-15-7-11(10-26-6-5-21-17(15)26)13-8-22-16-14(13)9-23-18(25-16)24-12-1-3-20-4-2-12/h1-10H,(H2,20,22,23,24,25). The zero-order chi connectivity index (χ0) is 17.5. The predicted molar refractivity (Wildman–Crippen MR) is 95.6 cm³/mol. The largest absolute Gasteiger partial charge is 0.345 e. The molecule has 5 heterocycles. The van der Waals surface area contributed by atoms with Crippen LogP contribution in [-0.4, -0.2) is 29.3 Å². The Balaban J connectivity index is 1.56. The minimum Gasteiger partial charge on any atom is -0.345 e. The molecular weight excluding hydrogens is 333 g/mol. The number of aromatic nitrogens is 6. The summed E-state index contributed by atoms with van der Waals surface area (Å²) in [4.78, 5) is 19.9. The fraction of sp³-hybridized carbons (Fsp3) is 0. The number of hydrogen-bond donors (Lipinski definition) is 2. The number of fused-ring (bicyclic) bond motifs is 2. The maximum atomic E-state index is 14.2. The van der Waals surface area contributed by atoms with Crippen molar-refractivity contribution in [1.82, 2.24) is 29.3 Å². The van der Waals surface area contributed by atoms with Gasteiger partial charge in [-0.1, -0.05) is 0 Å². The van der Waals surface area contributed by atoms with E-state index in [-0.39, 0.29) is 5.82 Å². The Morgan fingerprint density at radius 1 is 1.12 bits per heavy atom. The molecule has 0 radical (unpaired) electrons. The van der Waals surface area contributed by atoms with Crippen LogP contribution in [0.2, 0.25) is 0 Å². The molecule has 8 heteroatoms. The number of nitrogens with zero attached hydrogens (tertiary/aromatic N) is 5. The van der Waals surface area contributed by atoms with E-state index in [4.69, 9.17) is 0 Å². The van der Waals surface area contributed by atoms with Gasteiger partial charge in [-0.25, -0.2) is 14.4 Å². The third-order valence-corrected chi connectivity index (χ3v) is 4.12. The lowest BCUT2D eigenvalue weighted by molar-refractivity contribution is 0.630. The monoisotopic (exact) mass is 345 g/mol. The lowest BCUT2D eigenvalue weighted by Crippen LogP contribution is -1.97. The van der Waals surface area contributed by atoms with Gasteiger partial charge in [0.05, 0.1) is 0 Å². The molecular formula is C18H12FN7. The first-order chi connectivity index (χ1) is 12.8. The molecule has 0 fully saturated rings. The van der Waals surface area contributed by atoms with Gasteiger partial charge in [0, 0.05) is 65.6 Å². The van der Waals surface area contributed by atoms with Gasteiger partial charge >= 0.3 is 0 Å². The normalized spacial score (nSPS) is 11.3. The van der Waals surface area contributed by atoms with Gasteiger partial charge in [-0.15, -0.1) is 0 Å². The van der Waals surface area contributed by atoms with E-state index in [9.17, 15) is 4.39 Å². The molecule has 0 aliphatic carbocycles. The van der Waals surface area contributed by atoms with E-state index in [0.717, 1.165) is 22.2 Å². The van der Waals surface area contributed by atoms with Crippen LogP contribution in [0.3, 0.4) is 0 Å². The van der Waals surface area contributed by atoms with Gasteiger partial charge in [0.1, 0.15) is 5.65 Å². The summed E-state index contributed by atoms with van der Waals surface area (Å²) >= 11 is 0. The molecule has 5 rings (SSSR count). The van der Waals surface area contributed by atoms with Crippen LogP contribution in [-0.2, 0) is 0 Å². The summed E-state index contributed by atoms with van der Waals surface area (Å²) in [5.41, 5.74) is 3.35. The van der Waals surface area contributed by atoms with Crippen molar-refractivity contribution < 1.29 is 4.39 Å². The lowest BCUT2D eigenvalue weighted by atomic mass is 10.1.